The summed E-state index contributed by atoms with van der Waals surface area (Å²) in [6.07, 6.45) is 0.926. The van der Waals surface area contributed by atoms with Crippen molar-refractivity contribution in [2.75, 3.05) is 20.7 Å². The van der Waals surface area contributed by atoms with Gasteiger partial charge in [-0.05, 0) is 38.0 Å². The van der Waals surface area contributed by atoms with Gasteiger partial charge in [0.25, 0.3) is 0 Å². The highest BCUT2D eigenvalue weighted by molar-refractivity contribution is 5.79. The molecule has 0 bridgehead atoms. The Kier molecular flexibility index (Phi) is 6.23. The predicted molar refractivity (Wildman–Crippen MR) is 97.6 cm³/mol. The van der Waals surface area contributed by atoms with Gasteiger partial charge in [0, 0.05) is 38.4 Å². The summed E-state index contributed by atoms with van der Waals surface area (Å²) in [5.74, 6) is 1.68. The van der Waals surface area contributed by atoms with E-state index in [2.05, 4.69) is 39.8 Å². The quantitative estimate of drug-likeness (QED) is 0.628. The molecule has 0 spiro atoms. The fourth-order valence-electron chi connectivity index (χ4n) is 2.58. The van der Waals surface area contributed by atoms with Crippen LogP contribution >= 0.6 is 0 Å². The van der Waals surface area contributed by atoms with Gasteiger partial charge in [-0.3, -0.25) is 9.67 Å². The lowest BCUT2D eigenvalue weighted by atomic mass is 10.1. The van der Waals surface area contributed by atoms with Crippen LogP contribution in [0.5, 0.6) is 5.75 Å². The summed E-state index contributed by atoms with van der Waals surface area (Å²) in [4.78, 5) is 4.28. The normalized spacial score (nSPS) is 11.5. The Labute approximate surface area is 143 Å². The average Bonchev–Trinajstić information content (AvgIpc) is 2.84. The Morgan fingerprint density at radius 2 is 1.92 bits per heavy atom. The largest absolute Gasteiger partial charge is 0.497 e. The molecule has 1 heterocycles. The first-order valence-corrected chi connectivity index (χ1v) is 8.11. The highest BCUT2D eigenvalue weighted by Crippen LogP contribution is 2.12. The van der Waals surface area contributed by atoms with Gasteiger partial charge in [0.1, 0.15) is 5.75 Å². The number of aliphatic imine (C=N–C) groups is 1. The highest BCUT2D eigenvalue weighted by atomic mass is 16.5. The third-order valence-corrected chi connectivity index (χ3v) is 4.18. The van der Waals surface area contributed by atoms with Crippen molar-refractivity contribution in [3.8, 4) is 5.75 Å². The van der Waals surface area contributed by atoms with Gasteiger partial charge in [-0.1, -0.05) is 12.1 Å². The second kappa shape index (κ2) is 8.38. The second-order valence-electron chi connectivity index (χ2n) is 5.72. The molecular formula is C18H27N5O. The molecule has 0 radical (unpaired) electrons. The maximum absolute atomic E-state index is 5.17. The van der Waals surface area contributed by atoms with E-state index in [1.165, 1.54) is 16.8 Å². The van der Waals surface area contributed by atoms with Crippen LogP contribution in [-0.4, -0.2) is 36.4 Å². The van der Waals surface area contributed by atoms with Gasteiger partial charge < -0.3 is 15.4 Å². The molecule has 0 unspecified atom stereocenters. The maximum atomic E-state index is 5.17. The topological polar surface area (TPSA) is 63.5 Å². The summed E-state index contributed by atoms with van der Waals surface area (Å²) in [7, 11) is 5.43. The molecule has 24 heavy (non-hydrogen) atoms. The first-order valence-electron chi connectivity index (χ1n) is 8.11. The fourth-order valence-corrected chi connectivity index (χ4v) is 2.58. The van der Waals surface area contributed by atoms with Gasteiger partial charge >= 0.3 is 0 Å². The van der Waals surface area contributed by atoms with Crippen LogP contribution in [0.4, 0.5) is 0 Å². The summed E-state index contributed by atoms with van der Waals surface area (Å²) >= 11 is 0. The number of hydrogen-bond donors (Lipinski definition) is 2. The molecule has 0 amide bonds. The molecule has 0 saturated heterocycles. The van der Waals surface area contributed by atoms with E-state index in [-0.39, 0.29) is 0 Å². The lowest BCUT2D eigenvalue weighted by molar-refractivity contribution is 0.414. The van der Waals surface area contributed by atoms with Crippen LogP contribution in [0.3, 0.4) is 0 Å². The van der Waals surface area contributed by atoms with Crippen molar-refractivity contribution in [2.45, 2.75) is 26.8 Å². The summed E-state index contributed by atoms with van der Waals surface area (Å²) < 4.78 is 7.08. The molecule has 2 aromatic rings. The van der Waals surface area contributed by atoms with Crippen LogP contribution in [0.25, 0.3) is 0 Å². The minimum atomic E-state index is 0.716. The SMILES string of the molecule is CN=C(NCCc1ccc(OC)cc1)NCc1c(C)nn(C)c1C. The fraction of sp³-hybridized carbons (Fsp3) is 0.444. The van der Waals surface area contributed by atoms with E-state index in [1.54, 1.807) is 14.2 Å². The van der Waals surface area contributed by atoms with Gasteiger partial charge in [0.05, 0.1) is 12.8 Å². The molecule has 6 heteroatoms. The van der Waals surface area contributed by atoms with Gasteiger partial charge in [-0.15, -0.1) is 0 Å². The monoisotopic (exact) mass is 329 g/mol. The number of nitrogens with one attached hydrogen (secondary N) is 2. The molecule has 0 fully saturated rings. The summed E-state index contributed by atoms with van der Waals surface area (Å²) in [5.41, 5.74) is 4.71. The number of methoxy groups -OCH3 is 1. The Bertz CT molecular complexity index is 688. The Balaban J connectivity index is 1.82. The highest BCUT2D eigenvalue weighted by Gasteiger charge is 2.09. The molecule has 0 atom stereocenters. The van der Waals surface area contributed by atoms with Gasteiger partial charge in [-0.2, -0.15) is 5.10 Å². The molecule has 0 aliphatic heterocycles. The molecule has 2 N–H and O–H groups in total. The van der Waals surface area contributed by atoms with Gasteiger partial charge in [0.15, 0.2) is 5.96 Å². The first kappa shape index (κ1) is 17.8. The number of rotatable bonds is 6. The van der Waals surface area contributed by atoms with E-state index in [9.17, 15) is 0 Å². The van der Waals surface area contributed by atoms with Gasteiger partial charge in [-0.25, -0.2) is 0 Å². The van der Waals surface area contributed by atoms with Crippen LogP contribution in [-0.2, 0) is 20.0 Å². The molecule has 0 aliphatic rings. The number of nitrogens with zero attached hydrogens (tertiary/aromatic N) is 3. The molecule has 1 aromatic carbocycles. The average molecular weight is 329 g/mol. The third-order valence-electron chi connectivity index (χ3n) is 4.18. The number of guanidine groups is 1. The molecule has 6 nitrogen and oxygen atoms in total. The number of ether oxygens (including phenoxy) is 1. The number of aryl methyl sites for hydroxylation is 2. The smallest absolute Gasteiger partial charge is 0.191 e. The summed E-state index contributed by atoms with van der Waals surface area (Å²) in [5, 5.41) is 11.1. The van der Waals surface area contributed by atoms with Crippen LogP contribution < -0.4 is 15.4 Å². The Morgan fingerprint density at radius 1 is 1.21 bits per heavy atom. The third kappa shape index (κ3) is 4.50. The summed E-state index contributed by atoms with van der Waals surface area (Å²) in [6, 6.07) is 8.13. The minimum Gasteiger partial charge on any atom is -0.497 e. The van der Waals surface area contributed by atoms with Crippen molar-refractivity contribution in [3.05, 3.63) is 46.8 Å². The van der Waals surface area contributed by atoms with Crippen molar-refractivity contribution in [1.82, 2.24) is 20.4 Å². The van der Waals surface area contributed by atoms with Crippen molar-refractivity contribution in [2.24, 2.45) is 12.0 Å². The van der Waals surface area contributed by atoms with Crippen molar-refractivity contribution in [1.29, 1.82) is 0 Å². The zero-order chi connectivity index (χ0) is 17.5. The van der Waals surface area contributed by atoms with Crippen molar-refractivity contribution >= 4 is 5.96 Å². The second-order valence-corrected chi connectivity index (χ2v) is 5.72. The number of benzene rings is 1. The molecule has 0 aliphatic carbocycles. The van der Waals surface area contributed by atoms with Gasteiger partial charge in [0.2, 0.25) is 0 Å². The van der Waals surface area contributed by atoms with E-state index >= 15 is 0 Å². The van der Waals surface area contributed by atoms with E-state index in [1.807, 2.05) is 30.8 Å². The van der Waals surface area contributed by atoms with Crippen LogP contribution in [0, 0.1) is 13.8 Å². The predicted octanol–water partition coefficient (Wildman–Crippen LogP) is 1.95. The Hall–Kier alpha value is -2.50. The minimum absolute atomic E-state index is 0.716. The molecule has 2 rings (SSSR count). The van der Waals surface area contributed by atoms with E-state index in [4.69, 9.17) is 4.74 Å². The van der Waals surface area contributed by atoms with E-state index in [0.29, 0.717) is 6.54 Å². The van der Waals surface area contributed by atoms with Crippen molar-refractivity contribution in [3.63, 3.8) is 0 Å². The number of aromatic nitrogens is 2. The molecule has 0 saturated carbocycles. The standard InChI is InChI=1S/C18H27N5O/c1-13-17(14(2)23(4)22-13)12-21-18(19-3)20-11-10-15-6-8-16(24-5)9-7-15/h6-9H,10-12H2,1-5H3,(H2,19,20,21). The summed E-state index contributed by atoms with van der Waals surface area (Å²) in [6.45, 7) is 5.64. The van der Waals surface area contributed by atoms with E-state index < -0.39 is 0 Å². The lowest BCUT2D eigenvalue weighted by Gasteiger charge is -2.12. The van der Waals surface area contributed by atoms with Crippen LogP contribution in [0.15, 0.2) is 29.3 Å². The number of hydrogen-bond acceptors (Lipinski definition) is 3. The molecule has 130 valence electrons. The van der Waals surface area contributed by atoms with Crippen LogP contribution in [0.2, 0.25) is 0 Å². The maximum Gasteiger partial charge on any atom is 0.191 e. The first-order chi connectivity index (χ1) is 11.5. The lowest BCUT2D eigenvalue weighted by Crippen LogP contribution is -2.38. The van der Waals surface area contributed by atoms with Crippen molar-refractivity contribution < 1.29 is 4.74 Å². The Morgan fingerprint density at radius 3 is 2.46 bits per heavy atom. The molecular weight excluding hydrogens is 302 g/mol. The van der Waals surface area contributed by atoms with E-state index in [0.717, 1.165) is 30.4 Å². The zero-order valence-electron chi connectivity index (χ0n) is 15.2. The zero-order valence-corrected chi connectivity index (χ0v) is 15.2. The molecule has 1 aromatic heterocycles. The van der Waals surface area contributed by atoms with Crippen LogP contribution in [0.1, 0.15) is 22.5 Å².